The van der Waals surface area contributed by atoms with Crippen LogP contribution in [0.4, 0.5) is 0 Å². The Morgan fingerprint density at radius 2 is 1.83 bits per heavy atom. The largest absolute Gasteiger partial charge is 0.393 e. The van der Waals surface area contributed by atoms with Gasteiger partial charge in [-0.25, -0.2) is 0 Å². The van der Waals surface area contributed by atoms with E-state index in [0.29, 0.717) is 6.04 Å². The van der Waals surface area contributed by atoms with Crippen molar-refractivity contribution in [3.05, 3.63) is 35.4 Å². The zero-order valence-electron chi connectivity index (χ0n) is 14.2. The van der Waals surface area contributed by atoms with Crippen molar-refractivity contribution < 1.29 is 5.11 Å². The molecule has 4 nitrogen and oxygen atoms in total. The summed E-state index contributed by atoms with van der Waals surface area (Å²) < 4.78 is 0. The Morgan fingerprint density at radius 3 is 2.43 bits per heavy atom. The monoisotopic (exact) mass is 431 g/mol. The van der Waals surface area contributed by atoms with Gasteiger partial charge in [-0.15, -0.1) is 24.0 Å². The van der Waals surface area contributed by atoms with Gasteiger partial charge in [-0.3, -0.25) is 4.99 Å². The molecule has 0 radical (unpaired) electrons. The topological polar surface area (TPSA) is 56.7 Å². The molecule has 1 saturated carbocycles. The molecule has 1 aliphatic rings. The molecular formula is C18H30IN3O. The normalized spacial score (nSPS) is 21.4. The van der Waals surface area contributed by atoms with E-state index in [-0.39, 0.29) is 30.1 Å². The summed E-state index contributed by atoms with van der Waals surface area (Å²) in [6, 6.07) is 9.08. The van der Waals surface area contributed by atoms with Crippen molar-refractivity contribution in [1.82, 2.24) is 10.6 Å². The smallest absolute Gasteiger partial charge is 0.191 e. The summed E-state index contributed by atoms with van der Waals surface area (Å²) in [7, 11) is 0. The van der Waals surface area contributed by atoms with E-state index in [2.05, 4.69) is 53.7 Å². The molecule has 5 heteroatoms. The van der Waals surface area contributed by atoms with Gasteiger partial charge in [-0.2, -0.15) is 0 Å². The number of guanidine groups is 1. The number of aryl methyl sites for hydroxylation is 1. The van der Waals surface area contributed by atoms with Crippen molar-refractivity contribution in [2.24, 2.45) is 4.99 Å². The first-order valence-corrected chi connectivity index (χ1v) is 8.46. The third kappa shape index (κ3) is 7.52. The molecule has 0 aliphatic heterocycles. The second-order valence-corrected chi connectivity index (χ2v) is 6.15. The van der Waals surface area contributed by atoms with E-state index in [9.17, 15) is 5.11 Å². The van der Waals surface area contributed by atoms with Gasteiger partial charge in [0.15, 0.2) is 5.96 Å². The van der Waals surface area contributed by atoms with Crippen LogP contribution in [0.2, 0.25) is 0 Å². The van der Waals surface area contributed by atoms with Crippen LogP contribution in [0.25, 0.3) is 0 Å². The maximum absolute atomic E-state index is 9.58. The lowest BCUT2D eigenvalue weighted by Gasteiger charge is -2.27. The van der Waals surface area contributed by atoms with Gasteiger partial charge in [0.2, 0.25) is 0 Å². The molecule has 0 bridgehead atoms. The van der Waals surface area contributed by atoms with Gasteiger partial charge in [0.05, 0.1) is 6.10 Å². The molecule has 23 heavy (non-hydrogen) atoms. The van der Waals surface area contributed by atoms with Crippen LogP contribution in [0.15, 0.2) is 29.3 Å². The Kier molecular flexibility index (Phi) is 9.55. The molecule has 0 aromatic heterocycles. The van der Waals surface area contributed by atoms with Gasteiger partial charge < -0.3 is 15.7 Å². The predicted octanol–water partition coefficient (Wildman–Crippen LogP) is 3.01. The lowest BCUT2D eigenvalue weighted by atomic mass is 9.93. The van der Waals surface area contributed by atoms with Crippen molar-refractivity contribution >= 4 is 29.9 Å². The van der Waals surface area contributed by atoms with Gasteiger partial charge in [-0.1, -0.05) is 29.8 Å². The second-order valence-electron chi connectivity index (χ2n) is 6.15. The molecule has 1 aliphatic carbocycles. The van der Waals surface area contributed by atoms with Crippen LogP contribution in [0.1, 0.15) is 43.7 Å². The molecule has 3 N–H and O–H groups in total. The average Bonchev–Trinajstić information content (AvgIpc) is 2.52. The highest BCUT2D eigenvalue weighted by atomic mass is 127. The molecule has 1 aromatic carbocycles. The summed E-state index contributed by atoms with van der Waals surface area (Å²) in [6.07, 6.45) is 4.66. The molecule has 0 spiro atoms. The van der Waals surface area contributed by atoms with Crippen LogP contribution in [0.5, 0.6) is 0 Å². The van der Waals surface area contributed by atoms with Gasteiger partial charge in [0.25, 0.3) is 0 Å². The summed E-state index contributed by atoms with van der Waals surface area (Å²) in [6.45, 7) is 5.84. The summed E-state index contributed by atoms with van der Waals surface area (Å²) in [5.74, 6) is 0.899. The van der Waals surface area contributed by atoms with E-state index in [1.54, 1.807) is 0 Å². The number of aliphatic imine (C=N–C) groups is 1. The Labute approximate surface area is 157 Å². The number of halogens is 1. The molecule has 130 valence electrons. The highest BCUT2D eigenvalue weighted by molar-refractivity contribution is 14.0. The van der Waals surface area contributed by atoms with E-state index >= 15 is 0 Å². The molecule has 0 saturated heterocycles. The van der Waals surface area contributed by atoms with Crippen molar-refractivity contribution in [3.63, 3.8) is 0 Å². The van der Waals surface area contributed by atoms with Crippen LogP contribution in [0.3, 0.4) is 0 Å². The Bertz CT molecular complexity index is 468. The summed E-state index contributed by atoms with van der Waals surface area (Å²) in [5.41, 5.74) is 2.62. The zero-order chi connectivity index (χ0) is 15.8. The number of nitrogens with zero attached hydrogens (tertiary/aromatic N) is 1. The first kappa shape index (κ1) is 20.2. The third-order valence-corrected chi connectivity index (χ3v) is 4.17. The van der Waals surface area contributed by atoms with Crippen LogP contribution < -0.4 is 10.6 Å². The molecule has 1 fully saturated rings. The molecular weight excluding hydrogens is 401 g/mol. The second kappa shape index (κ2) is 10.9. The van der Waals surface area contributed by atoms with Crippen LogP contribution in [0, 0.1) is 6.92 Å². The molecule has 0 unspecified atom stereocenters. The van der Waals surface area contributed by atoms with E-state index in [0.717, 1.165) is 51.2 Å². The maximum Gasteiger partial charge on any atom is 0.191 e. The maximum atomic E-state index is 9.58. The molecule has 0 amide bonds. The van der Waals surface area contributed by atoms with Crippen molar-refractivity contribution in [2.75, 3.05) is 13.1 Å². The number of hydrogen-bond donors (Lipinski definition) is 3. The first-order valence-electron chi connectivity index (χ1n) is 8.46. The first-order chi connectivity index (χ1) is 10.7. The van der Waals surface area contributed by atoms with E-state index in [1.807, 2.05) is 0 Å². The lowest BCUT2D eigenvalue weighted by Crippen LogP contribution is -2.45. The van der Waals surface area contributed by atoms with Gasteiger partial charge in [0, 0.05) is 19.1 Å². The predicted molar refractivity (Wildman–Crippen MR) is 108 cm³/mol. The molecule has 2 rings (SSSR count). The average molecular weight is 431 g/mol. The van der Waals surface area contributed by atoms with Gasteiger partial charge in [-0.05, 0) is 51.5 Å². The van der Waals surface area contributed by atoms with Crippen LogP contribution in [-0.2, 0) is 6.42 Å². The minimum absolute atomic E-state index is 0. The SMILES string of the molecule is CCNC(=NCCc1ccc(C)cc1)NC1CCC(O)CC1.I. The van der Waals surface area contributed by atoms with E-state index in [4.69, 9.17) is 0 Å². The quantitative estimate of drug-likeness (QED) is 0.382. The third-order valence-electron chi connectivity index (χ3n) is 4.17. The van der Waals surface area contributed by atoms with Crippen LogP contribution in [-0.4, -0.2) is 36.3 Å². The number of hydrogen-bond acceptors (Lipinski definition) is 2. The van der Waals surface area contributed by atoms with Crippen molar-refractivity contribution in [2.45, 2.75) is 58.1 Å². The summed E-state index contributed by atoms with van der Waals surface area (Å²) in [5, 5.41) is 16.4. The molecule has 0 heterocycles. The molecule has 0 atom stereocenters. The number of rotatable bonds is 5. The van der Waals surface area contributed by atoms with Gasteiger partial charge >= 0.3 is 0 Å². The Hall–Kier alpha value is -0.820. The van der Waals surface area contributed by atoms with Gasteiger partial charge in [0.1, 0.15) is 0 Å². The highest BCUT2D eigenvalue weighted by Crippen LogP contribution is 2.18. The Morgan fingerprint density at radius 1 is 1.17 bits per heavy atom. The standard InChI is InChI=1S/C18H29N3O.HI/c1-3-19-18(21-16-8-10-17(22)11-9-16)20-13-12-15-6-4-14(2)5-7-15;/h4-7,16-17,22H,3,8-13H2,1-2H3,(H2,19,20,21);1H. The molecule has 1 aromatic rings. The number of benzene rings is 1. The number of aliphatic hydroxyl groups excluding tert-OH is 1. The van der Waals surface area contributed by atoms with Crippen LogP contribution >= 0.6 is 24.0 Å². The van der Waals surface area contributed by atoms with Crippen molar-refractivity contribution in [1.29, 1.82) is 0 Å². The fourth-order valence-corrected chi connectivity index (χ4v) is 2.79. The fourth-order valence-electron chi connectivity index (χ4n) is 2.79. The minimum atomic E-state index is -0.112. The Balaban J connectivity index is 0.00000264. The minimum Gasteiger partial charge on any atom is -0.393 e. The summed E-state index contributed by atoms with van der Waals surface area (Å²) >= 11 is 0. The number of aliphatic hydroxyl groups is 1. The fraction of sp³-hybridized carbons (Fsp3) is 0.611. The zero-order valence-corrected chi connectivity index (χ0v) is 16.5. The van der Waals surface area contributed by atoms with E-state index < -0.39 is 0 Å². The number of nitrogens with one attached hydrogen (secondary N) is 2. The summed E-state index contributed by atoms with van der Waals surface area (Å²) in [4.78, 5) is 4.68. The highest BCUT2D eigenvalue weighted by Gasteiger charge is 2.19. The van der Waals surface area contributed by atoms with Crippen molar-refractivity contribution in [3.8, 4) is 0 Å². The lowest BCUT2D eigenvalue weighted by molar-refractivity contribution is 0.120. The van der Waals surface area contributed by atoms with E-state index in [1.165, 1.54) is 11.1 Å².